The maximum atomic E-state index is 11.5. The number of hydrogen-bond acceptors (Lipinski definition) is 4. The van der Waals surface area contributed by atoms with Gasteiger partial charge in [0.25, 0.3) is 0 Å². The first-order valence-electron chi connectivity index (χ1n) is 5.85. The van der Waals surface area contributed by atoms with Gasteiger partial charge in [0.15, 0.2) is 0 Å². The maximum absolute atomic E-state index is 11.5. The zero-order chi connectivity index (χ0) is 14.0. The van der Waals surface area contributed by atoms with Crippen LogP contribution in [0.15, 0.2) is 33.5 Å². The first kappa shape index (κ1) is 13.7. The van der Waals surface area contributed by atoms with Crippen molar-refractivity contribution in [2.24, 2.45) is 0 Å². The fourth-order valence-corrected chi connectivity index (χ4v) is 2.55. The smallest absolute Gasteiger partial charge is 0.336 e. The van der Waals surface area contributed by atoms with Gasteiger partial charge in [0.2, 0.25) is 0 Å². The maximum Gasteiger partial charge on any atom is 0.336 e. The number of rotatable bonds is 4. The predicted octanol–water partition coefficient (Wildman–Crippen LogP) is 2.81. The summed E-state index contributed by atoms with van der Waals surface area (Å²) in [6.07, 6.45) is 0. The summed E-state index contributed by atoms with van der Waals surface area (Å²) in [4.78, 5) is 22.3. The molecule has 0 fully saturated rings. The molecule has 0 amide bonds. The van der Waals surface area contributed by atoms with E-state index in [2.05, 4.69) is 0 Å². The number of carboxylic acid groups (broad SMARTS) is 1. The number of thioether (sulfide) groups is 1. The lowest BCUT2D eigenvalue weighted by Crippen LogP contribution is -2.12. The fraction of sp³-hybridized carbons (Fsp3) is 0.286. The van der Waals surface area contributed by atoms with Crippen molar-refractivity contribution in [2.75, 3.05) is 0 Å². The Morgan fingerprint density at radius 2 is 2.16 bits per heavy atom. The van der Waals surface area contributed by atoms with Gasteiger partial charge in [-0.25, -0.2) is 4.79 Å². The number of carboxylic acids is 1. The minimum atomic E-state index is -0.854. The second-order valence-corrected chi connectivity index (χ2v) is 5.71. The molecule has 1 N–H and O–H groups in total. The molecule has 5 heteroatoms. The van der Waals surface area contributed by atoms with Crippen LogP contribution >= 0.6 is 11.8 Å². The normalized spacial score (nSPS) is 12.5. The Balaban J connectivity index is 2.37. The van der Waals surface area contributed by atoms with E-state index in [1.807, 2.05) is 25.1 Å². The van der Waals surface area contributed by atoms with E-state index in [-0.39, 0.29) is 0 Å². The van der Waals surface area contributed by atoms with E-state index in [1.165, 1.54) is 17.8 Å². The number of aliphatic carboxylic acids is 1. The van der Waals surface area contributed by atoms with Crippen LogP contribution in [0.2, 0.25) is 0 Å². The van der Waals surface area contributed by atoms with Gasteiger partial charge in [-0.1, -0.05) is 12.1 Å². The Kier molecular flexibility index (Phi) is 3.95. The molecule has 19 heavy (non-hydrogen) atoms. The first-order chi connectivity index (χ1) is 8.97. The highest BCUT2D eigenvalue weighted by atomic mass is 32.2. The fourth-order valence-electron chi connectivity index (χ4n) is 1.74. The largest absolute Gasteiger partial charge is 0.480 e. The third kappa shape index (κ3) is 3.17. The van der Waals surface area contributed by atoms with Crippen molar-refractivity contribution in [3.05, 3.63) is 45.8 Å². The van der Waals surface area contributed by atoms with Crippen molar-refractivity contribution < 1.29 is 14.3 Å². The number of aryl methyl sites for hydroxylation is 1. The topological polar surface area (TPSA) is 67.5 Å². The van der Waals surface area contributed by atoms with Crippen molar-refractivity contribution in [1.29, 1.82) is 0 Å². The Bertz CT molecular complexity index is 675. The average molecular weight is 278 g/mol. The Labute approximate surface area is 114 Å². The highest BCUT2D eigenvalue weighted by molar-refractivity contribution is 7.99. The standard InChI is InChI=1S/C14H14O4S/c1-8-3-4-11-10(7-19-9(2)14(16)17)6-13(15)18-12(11)5-8/h3-6,9H,7H2,1-2H3,(H,16,17). The number of fused-ring (bicyclic) bond motifs is 1. The van der Waals surface area contributed by atoms with Crippen LogP contribution in [0.5, 0.6) is 0 Å². The summed E-state index contributed by atoms with van der Waals surface area (Å²) in [7, 11) is 0. The van der Waals surface area contributed by atoms with Gasteiger partial charge in [-0.2, -0.15) is 0 Å². The SMILES string of the molecule is Cc1ccc2c(CSC(C)C(=O)O)cc(=O)oc2c1. The molecule has 2 aromatic rings. The van der Waals surface area contributed by atoms with Crippen LogP contribution in [0, 0.1) is 6.92 Å². The summed E-state index contributed by atoms with van der Waals surface area (Å²) in [6, 6.07) is 7.08. The van der Waals surface area contributed by atoms with Crippen molar-refractivity contribution in [3.8, 4) is 0 Å². The molecule has 1 aromatic heterocycles. The third-order valence-electron chi connectivity index (χ3n) is 2.82. The van der Waals surface area contributed by atoms with Crippen molar-refractivity contribution in [2.45, 2.75) is 24.9 Å². The van der Waals surface area contributed by atoms with E-state index < -0.39 is 16.8 Å². The van der Waals surface area contributed by atoms with Gasteiger partial charge < -0.3 is 9.52 Å². The summed E-state index contributed by atoms with van der Waals surface area (Å²) in [5, 5.41) is 9.21. The lowest BCUT2D eigenvalue weighted by Gasteiger charge is -2.08. The van der Waals surface area contributed by atoms with E-state index >= 15 is 0 Å². The molecule has 2 rings (SSSR count). The Morgan fingerprint density at radius 3 is 2.84 bits per heavy atom. The summed E-state index contributed by atoms with van der Waals surface area (Å²) >= 11 is 1.29. The molecule has 0 bridgehead atoms. The van der Waals surface area contributed by atoms with Crippen molar-refractivity contribution in [1.82, 2.24) is 0 Å². The van der Waals surface area contributed by atoms with Crippen LogP contribution in [0.3, 0.4) is 0 Å². The average Bonchev–Trinajstić information content (AvgIpc) is 2.34. The molecule has 0 saturated heterocycles. The first-order valence-corrected chi connectivity index (χ1v) is 6.90. The number of carbonyl (C=O) groups is 1. The van der Waals surface area contributed by atoms with E-state index in [4.69, 9.17) is 9.52 Å². The second-order valence-electron chi connectivity index (χ2n) is 4.38. The summed E-state index contributed by atoms with van der Waals surface area (Å²) in [5.41, 5.74) is 1.96. The van der Waals surface area contributed by atoms with Crippen LogP contribution in [-0.2, 0) is 10.5 Å². The van der Waals surface area contributed by atoms with Gasteiger partial charge in [0.1, 0.15) is 5.58 Å². The minimum absolute atomic E-state index is 0.406. The molecule has 0 aliphatic rings. The molecule has 0 saturated carbocycles. The van der Waals surface area contributed by atoms with Gasteiger partial charge in [0, 0.05) is 17.2 Å². The lowest BCUT2D eigenvalue weighted by molar-refractivity contribution is -0.136. The zero-order valence-corrected chi connectivity index (χ0v) is 11.5. The van der Waals surface area contributed by atoms with Crippen LogP contribution in [0.25, 0.3) is 11.0 Å². The van der Waals surface area contributed by atoms with Crippen LogP contribution in [0.4, 0.5) is 0 Å². The molecular formula is C14H14O4S. The van der Waals surface area contributed by atoms with Crippen molar-refractivity contribution in [3.63, 3.8) is 0 Å². The monoisotopic (exact) mass is 278 g/mol. The van der Waals surface area contributed by atoms with E-state index in [0.717, 1.165) is 16.5 Å². The van der Waals surface area contributed by atoms with Gasteiger partial charge in [-0.3, -0.25) is 4.79 Å². The van der Waals surface area contributed by atoms with E-state index in [0.29, 0.717) is 11.3 Å². The number of hydrogen-bond donors (Lipinski definition) is 1. The molecule has 1 atom stereocenters. The Morgan fingerprint density at radius 1 is 1.42 bits per heavy atom. The quantitative estimate of drug-likeness (QED) is 0.871. The van der Waals surface area contributed by atoms with Crippen molar-refractivity contribution >= 4 is 28.7 Å². The molecule has 100 valence electrons. The molecule has 0 radical (unpaired) electrons. The minimum Gasteiger partial charge on any atom is -0.480 e. The highest BCUT2D eigenvalue weighted by Crippen LogP contribution is 2.24. The predicted molar refractivity (Wildman–Crippen MR) is 75.6 cm³/mol. The van der Waals surface area contributed by atoms with Crippen LogP contribution in [0.1, 0.15) is 18.1 Å². The molecule has 1 unspecified atom stereocenters. The summed E-state index contributed by atoms with van der Waals surface area (Å²) < 4.78 is 5.16. The van der Waals surface area contributed by atoms with E-state index in [1.54, 1.807) is 6.92 Å². The summed E-state index contributed by atoms with van der Waals surface area (Å²) in [6.45, 7) is 3.55. The highest BCUT2D eigenvalue weighted by Gasteiger charge is 2.13. The Hall–Kier alpha value is -1.75. The molecule has 1 aromatic carbocycles. The van der Waals surface area contributed by atoms with E-state index in [9.17, 15) is 9.59 Å². The third-order valence-corrected chi connectivity index (χ3v) is 4.00. The van der Waals surface area contributed by atoms with Gasteiger partial charge >= 0.3 is 11.6 Å². The second kappa shape index (κ2) is 5.48. The van der Waals surface area contributed by atoms with Crippen LogP contribution in [-0.4, -0.2) is 16.3 Å². The van der Waals surface area contributed by atoms with Crippen LogP contribution < -0.4 is 5.63 Å². The molecular weight excluding hydrogens is 264 g/mol. The van der Waals surface area contributed by atoms with Gasteiger partial charge in [-0.15, -0.1) is 11.8 Å². The molecule has 0 aliphatic heterocycles. The molecule has 0 spiro atoms. The molecule has 1 heterocycles. The number of benzene rings is 1. The van der Waals surface area contributed by atoms with Gasteiger partial charge in [-0.05, 0) is 31.0 Å². The zero-order valence-electron chi connectivity index (χ0n) is 10.7. The lowest BCUT2D eigenvalue weighted by atomic mass is 10.1. The molecule has 0 aliphatic carbocycles. The van der Waals surface area contributed by atoms with Gasteiger partial charge in [0.05, 0.1) is 5.25 Å². The molecule has 4 nitrogen and oxygen atoms in total. The summed E-state index contributed by atoms with van der Waals surface area (Å²) in [5.74, 6) is -0.383.